The number of nitrogens with two attached hydrogens (primary N) is 1. The summed E-state index contributed by atoms with van der Waals surface area (Å²) in [5.41, 5.74) is 5.18. The first-order chi connectivity index (χ1) is 14.3. The first-order valence-electron chi connectivity index (χ1n) is 8.20. The van der Waals surface area contributed by atoms with E-state index in [0.29, 0.717) is 0 Å². The molecule has 1 aliphatic carbocycles. The Morgan fingerprint density at radius 2 is 0.938 bits per heavy atom. The van der Waals surface area contributed by atoms with E-state index < -0.39 is 74.5 Å². The van der Waals surface area contributed by atoms with Crippen LogP contribution in [-0.2, 0) is 40.9 Å². The molecule has 7 atom stereocenters. The summed E-state index contributed by atoms with van der Waals surface area (Å²) in [6.07, 6.45) is -15.5. The first-order valence-corrected chi connectivity index (χ1v) is 14.3. The van der Waals surface area contributed by atoms with E-state index >= 15 is 0 Å². The van der Waals surface area contributed by atoms with Gasteiger partial charge in [-0.2, -0.15) is 0 Å². The fraction of sp³-hybridized carbons (Fsp3) is 1.00. The van der Waals surface area contributed by atoms with Crippen LogP contribution in [0, 0.1) is 0 Å². The summed E-state index contributed by atoms with van der Waals surface area (Å²) >= 11 is 0. The summed E-state index contributed by atoms with van der Waals surface area (Å²) in [5, 5.41) is 20.7. The maximum absolute atomic E-state index is 12.1. The zero-order valence-electron chi connectivity index (χ0n) is 15.7. The molecular formula is C9H23NO18P4. The van der Waals surface area contributed by atoms with Crippen molar-refractivity contribution in [2.24, 2.45) is 5.73 Å². The quantitative estimate of drug-likeness (QED) is 0.0844. The standard InChI is InChI=1S/C9H23NO18P4/c10-2-1-3-24-32(22,23)28-9-5(12)7(26-30(16,17)18)6(25-29(13,14)15)4(11)8(9)27-31(19,20)21/h4-9,11-12H,1-3,10H2,(H,22,23)(H2,13,14,15)(H2,16,17,18)(H2,19,20,21)/t4-,5-,6-,7-,8+,9-/m1/s1. The predicted octanol–water partition coefficient (Wildman–Crippen LogP) is -2.99. The van der Waals surface area contributed by atoms with Gasteiger partial charge in [-0.25, -0.2) is 18.3 Å². The van der Waals surface area contributed by atoms with Gasteiger partial charge < -0.3 is 50.2 Å². The Labute approximate surface area is 179 Å². The van der Waals surface area contributed by atoms with E-state index in [4.69, 9.17) is 35.1 Å². The molecule has 192 valence electrons. The molecule has 1 fully saturated rings. The molecule has 0 spiro atoms. The third-order valence-electron chi connectivity index (χ3n) is 3.63. The minimum Gasteiger partial charge on any atom is -0.387 e. The number of phosphoric acid groups is 4. The predicted molar refractivity (Wildman–Crippen MR) is 97.1 cm³/mol. The van der Waals surface area contributed by atoms with Crippen LogP contribution >= 0.6 is 31.3 Å². The molecular weight excluding hydrogens is 534 g/mol. The van der Waals surface area contributed by atoms with Crippen molar-refractivity contribution in [3.8, 4) is 0 Å². The van der Waals surface area contributed by atoms with Gasteiger partial charge in [-0.15, -0.1) is 0 Å². The second kappa shape index (κ2) is 11.4. The fourth-order valence-corrected chi connectivity index (χ4v) is 5.22. The molecule has 32 heavy (non-hydrogen) atoms. The van der Waals surface area contributed by atoms with Crippen LogP contribution in [0.3, 0.4) is 0 Å². The summed E-state index contributed by atoms with van der Waals surface area (Å²) in [7, 11) is -22.0. The highest BCUT2D eigenvalue weighted by molar-refractivity contribution is 7.47. The minimum absolute atomic E-state index is 0.00824. The van der Waals surface area contributed by atoms with E-state index in [2.05, 4.69) is 22.6 Å². The van der Waals surface area contributed by atoms with E-state index in [-0.39, 0.29) is 13.0 Å². The van der Waals surface area contributed by atoms with Crippen molar-refractivity contribution in [2.75, 3.05) is 13.2 Å². The Morgan fingerprint density at radius 3 is 1.22 bits per heavy atom. The highest BCUT2D eigenvalue weighted by Gasteiger charge is 2.58. The Balaban J connectivity index is 3.42. The minimum atomic E-state index is -5.59. The van der Waals surface area contributed by atoms with Gasteiger partial charge in [0, 0.05) is 0 Å². The zero-order chi connectivity index (χ0) is 25.1. The monoisotopic (exact) mass is 557 g/mol. The molecule has 11 N–H and O–H groups in total. The Hall–Kier alpha value is 0.320. The van der Waals surface area contributed by atoms with Crippen molar-refractivity contribution in [1.82, 2.24) is 0 Å². The van der Waals surface area contributed by atoms with Crippen molar-refractivity contribution >= 4 is 31.3 Å². The van der Waals surface area contributed by atoms with Crippen LogP contribution in [0.2, 0.25) is 0 Å². The van der Waals surface area contributed by atoms with E-state index in [1.54, 1.807) is 0 Å². The van der Waals surface area contributed by atoms with Gasteiger partial charge >= 0.3 is 31.3 Å². The van der Waals surface area contributed by atoms with Gasteiger partial charge in [0.05, 0.1) is 6.61 Å². The summed E-state index contributed by atoms with van der Waals surface area (Å²) in [6, 6.07) is 0. The van der Waals surface area contributed by atoms with Gasteiger partial charge in [0.1, 0.15) is 36.6 Å². The maximum Gasteiger partial charge on any atom is 0.472 e. The fourth-order valence-electron chi connectivity index (χ4n) is 2.56. The molecule has 0 aromatic rings. The third-order valence-corrected chi connectivity index (χ3v) is 6.20. The van der Waals surface area contributed by atoms with Crippen molar-refractivity contribution in [1.29, 1.82) is 0 Å². The molecule has 0 radical (unpaired) electrons. The van der Waals surface area contributed by atoms with E-state index in [9.17, 15) is 33.4 Å². The number of hydrogen-bond donors (Lipinski definition) is 10. The lowest BCUT2D eigenvalue weighted by Gasteiger charge is -2.45. The molecule has 19 nitrogen and oxygen atoms in total. The van der Waals surface area contributed by atoms with Crippen molar-refractivity contribution in [3.05, 3.63) is 0 Å². The van der Waals surface area contributed by atoms with Crippen LogP contribution in [0.4, 0.5) is 0 Å². The normalized spacial score (nSPS) is 31.9. The molecule has 1 aliphatic rings. The highest BCUT2D eigenvalue weighted by atomic mass is 31.2. The number of hydrogen-bond acceptors (Lipinski definition) is 12. The van der Waals surface area contributed by atoms with Gasteiger partial charge in [0.25, 0.3) is 0 Å². The van der Waals surface area contributed by atoms with Crippen LogP contribution < -0.4 is 5.73 Å². The average Bonchev–Trinajstić information content (AvgIpc) is 2.56. The van der Waals surface area contributed by atoms with Crippen LogP contribution in [0.5, 0.6) is 0 Å². The lowest BCUT2D eigenvalue weighted by atomic mass is 9.85. The topological polar surface area (TPSA) is 323 Å². The molecule has 0 aromatic carbocycles. The largest absolute Gasteiger partial charge is 0.472 e. The Morgan fingerprint density at radius 1 is 0.625 bits per heavy atom. The molecule has 0 bridgehead atoms. The molecule has 0 saturated heterocycles. The Kier molecular flexibility index (Phi) is 10.8. The summed E-state index contributed by atoms with van der Waals surface area (Å²) in [5.74, 6) is 0. The average molecular weight is 557 g/mol. The SMILES string of the molecule is NCCCOP(=O)(O)O[C@@H]1[C@H](O)[C@@H](OP(=O)(O)O)[C@H](OP(=O)(O)O)[C@@H](O)[C@@H]1OP(=O)(O)O. The molecule has 0 aromatic heterocycles. The molecule has 0 amide bonds. The first kappa shape index (κ1) is 30.4. The van der Waals surface area contributed by atoms with Crippen LogP contribution in [0.15, 0.2) is 0 Å². The Bertz CT molecular complexity index is 804. The third kappa shape index (κ3) is 10.3. The molecule has 0 heterocycles. The van der Waals surface area contributed by atoms with Crippen LogP contribution in [-0.4, -0.2) is 94.2 Å². The summed E-state index contributed by atoms with van der Waals surface area (Å²) < 4.78 is 67.4. The zero-order valence-corrected chi connectivity index (χ0v) is 19.2. The van der Waals surface area contributed by atoms with Crippen LogP contribution in [0.25, 0.3) is 0 Å². The van der Waals surface area contributed by atoms with Crippen LogP contribution in [0.1, 0.15) is 6.42 Å². The van der Waals surface area contributed by atoms with Crippen molar-refractivity contribution < 1.29 is 85.3 Å². The lowest BCUT2D eigenvalue weighted by Crippen LogP contribution is -2.65. The molecule has 1 saturated carbocycles. The van der Waals surface area contributed by atoms with Gasteiger partial charge in [-0.3, -0.25) is 22.6 Å². The molecule has 1 unspecified atom stereocenters. The molecule has 23 heteroatoms. The number of aliphatic hydroxyl groups excluding tert-OH is 2. The second-order valence-electron chi connectivity index (χ2n) is 6.18. The van der Waals surface area contributed by atoms with Gasteiger partial charge in [-0.05, 0) is 13.0 Å². The van der Waals surface area contributed by atoms with E-state index in [1.165, 1.54) is 0 Å². The molecule has 0 aliphatic heterocycles. The lowest BCUT2D eigenvalue weighted by molar-refractivity contribution is -0.209. The summed E-state index contributed by atoms with van der Waals surface area (Å²) in [4.78, 5) is 63.9. The maximum atomic E-state index is 12.1. The number of rotatable bonds is 12. The highest BCUT2D eigenvalue weighted by Crippen LogP contribution is 2.53. The number of phosphoric ester groups is 4. The second-order valence-corrected chi connectivity index (χ2v) is 11.2. The smallest absolute Gasteiger partial charge is 0.387 e. The van der Waals surface area contributed by atoms with Crippen molar-refractivity contribution in [2.45, 2.75) is 43.0 Å². The van der Waals surface area contributed by atoms with Gasteiger partial charge in [0.2, 0.25) is 0 Å². The van der Waals surface area contributed by atoms with E-state index in [0.717, 1.165) is 0 Å². The summed E-state index contributed by atoms with van der Waals surface area (Å²) in [6.45, 7) is -0.472. The van der Waals surface area contributed by atoms with E-state index in [1.807, 2.05) is 0 Å². The number of aliphatic hydroxyl groups is 2. The molecule has 1 rings (SSSR count). The van der Waals surface area contributed by atoms with Gasteiger partial charge in [-0.1, -0.05) is 0 Å². The van der Waals surface area contributed by atoms with Crippen molar-refractivity contribution in [3.63, 3.8) is 0 Å². The van der Waals surface area contributed by atoms with Gasteiger partial charge in [0.15, 0.2) is 0 Å².